The molecule has 3 rings (SSSR count). The second kappa shape index (κ2) is 5.98. The van der Waals surface area contributed by atoms with E-state index in [2.05, 4.69) is 17.0 Å². The number of ether oxygens (including phenoxy) is 1. The molecule has 0 fully saturated rings. The van der Waals surface area contributed by atoms with Crippen molar-refractivity contribution in [1.82, 2.24) is 5.16 Å². The summed E-state index contributed by atoms with van der Waals surface area (Å²) in [5.41, 5.74) is 2.62. The summed E-state index contributed by atoms with van der Waals surface area (Å²) in [6.07, 6.45) is 0. The van der Waals surface area contributed by atoms with Gasteiger partial charge in [0.25, 0.3) is 0 Å². The van der Waals surface area contributed by atoms with E-state index in [1.54, 1.807) is 7.11 Å². The summed E-state index contributed by atoms with van der Waals surface area (Å²) < 4.78 is 10.5. The Morgan fingerprint density at radius 2 is 1.81 bits per heavy atom. The molecule has 0 unspecified atom stereocenters. The van der Waals surface area contributed by atoms with Crippen molar-refractivity contribution >= 4 is 0 Å². The SMILES string of the molecule is COc1cccc(-c2cc(C#Cc3ccccc3)on2)c1. The van der Waals surface area contributed by atoms with Crippen molar-refractivity contribution in [2.24, 2.45) is 0 Å². The molecule has 3 heteroatoms. The molecule has 3 nitrogen and oxygen atoms in total. The minimum Gasteiger partial charge on any atom is -0.497 e. The molecular weight excluding hydrogens is 262 g/mol. The zero-order valence-corrected chi connectivity index (χ0v) is 11.5. The van der Waals surface area contributed by atoms with Gasteiger partial charge in [0.1, 0.15) is 11.4 Å². The van der Waals surface area contributed by atoms with E-state index in [9.17, 15) is 0 Å². The lowest BCUT2D eigenvalue weighted by molar-refractivity contribution is 0.411. The van der Waals surface area contributed by atoms with Crippen molar-refractivity contribution < 1.29 is 9.26 Å². The van der Waals surface area contributed by atoms with Crippen LogP contribution in [0, 0.1) is 11.8 Å². The third-order valence-electron chi connectivity index (χ3n) is 2.98. The highest BCUT2D eigenvalue weighted by molar-refractivity contribution is 5.62. The molecule has 0 saturated heterocycles. The van der Waals surface area contributed by atoms with Gasteiger partial charge in [0.15, 0.2) is 0 Å². The summed E-state index contributed by atoms with van der Waals surface area (Å²) in [6.45, 7) is 0. The van der Waals surface area contributed by atoms with Gasteiger partial charge in [-0.25, -0.2) is 0 Å². The van der Waals surface area contributed by atoms with Crippen molar-refractivity contribution in [2.45, 2.75) is 0 Å². The summed E-state index contributed by atoms with van der Waals surface area (Å²) in [4.78, 5) is 0. The molecule has 3 aromatic rings. The van der Waals surface area contributed by atoms with Gasteiger partial charge < -0.3 is 9.26 Å². The first-order valence-corrected chi connectivity index (χ1v) is 6.53. The summed E-state index contributed by atoms with van der Waals surface area (Å²) in [5, 5.41) is 4.04. The molecule has 1 heterocycles. The molecule has 0 aliphatic heterocycles. The number of benzene rings is 2. The Bertz CT molecular complexity index is 795. The van der Waals surface area contributed by atoms with Crippen LogP contribution in [0.25, 0.3) is 11.3 Å². The Hall–Kier alpha value is -2.99. The van der Waals surface area contributed by atoms with Gasteiger partial charge in [-0.3, -0.25) is 0 Å². The number of aromatic nitrogens is 1. The Kier molecular flexibility index (Phi) is 3.70. The van der Waals surface area contributed by atoms with Gasteiger partial charge in [0, 0.05) is 17.2 Å². The van der Waals surface area contributed by atoms with Crippen LogP contribution in [0.1, 0.15) is 11.3 Å². The molecule has 0 radical (unpaired) electrons. The first-order valence-electron chi connectivity index (χ1n) is 6.53. The van der Waals surface area contributed by atoms with E-state index in [-0.39, 0.29) is 0 Å². The molecule has 0 bridgehead atoms. The molecule has 0 aliphatic rings. The van der Waals surface area contributed by atoms with E-state index in [1.165, 1.54) is 0 Å². The summed E-state index contributed by atoms with van der Waals surface area (Å²) in [5.74, 6) is 7.33. The van der Waals surface area contributed by atoms with Crippen LogP contribution in [0.2, 0.25) is 0 Å². The lowest BCUT2D eigenvalue weighted by Crippen LogP contribution is -1.83. The maximum atomic E-state index is 5.25. The Morgan fingerprint density at radius 1 is 0.952 bits per heavy atom. The molecule has 2 aromatic carbocycles. The molecule has 0 N–H and O–H groups in total. The van der Waals surface area contributed by atoms with E-state index in [4.69, 9.17) is 9.26 Å². The monoisotopic (exact) mass is 275 g/mol. The smallest absolute Gasteiger partial charge is 0.210 e. The second-order valence-corrected chi connectivity index (χ2v) is 4.42. The van der Waals surface area contributed by atoms with Gasteiger partial charge in [-0.15, -0.1) is 0 Å². The molecule has 0 amide bonds. The maximum absolute atomic E-state index is 5.25. The van der Waals surface area contributed by atoms with E-state index in [0.717, 1.165) is 22.6 Å². The third kappa shape index (κ3) is 3.13. The topological polar surface area (TPSA) is 35.3 Å². The average molecular weight is 275 g/mol. The van der Waals surface area contributed by atoms with Crippen molar-refractivity contribution in [1.29, 1.82) is 0 Å². The zero-order chi connectivity index (χ0) is 14.5. The summed E-state index contributed by atoms with van der Waals surface area (Å²) in [7, 11) is 1.64. The Balaban J connectivity index is 1.85. The number of hydrogen-bond acceptors (Lipinski definition) is 3. The predicted molar refractivity (Wildman–Crippen MR) is 80.9 cm³/mol. The normalized spacial score (nSPS) is 9.76. The molecule has 0 aliphatic carbocycles. The molecule has 0 spiro atoms. The van der Waals surface area contributed by atoms with Gasteiger partial charge in [-0.05, 0) is 30.2 Å². The number of methoxy groups -OCH3 is 1. The van der Waals surface area contributed by atoms with E-state index >= 15 is 0 Å². The maximum Gasteiger partial charge on any atom is 0.210 e. The molecule has 21 heavy (non-hydrogen) atoms. The minimum atomic E-state index is 0.539. The Labute approximate surface area is 123 Å². The number of hydrogen-bond donors (Lipinski definition) is 0. The zero-order valence-electron chi connectivity index (χ0n) is 11.5. The van der Waals surface area contributed by atoms with Crippen molar-refractivity contribution in [3.8, 4) is 28.8 Å². The first kappa shape index (κ1) is 13.0. The van der Waals surface area contributed by atoms with Crippen LogP contribution in [-0.4, -0.2) is 12.3 Å². The van der Waals surface area contributed by atoms with Crippen LogP contribution in [-0.2, 0) is 0 Å². The highest BCUT2D eigenvalue weighted by atomic mass is 16.5. The van der Waals surface area contributed by atoms with E-state index < -0.39 is 0 Å². The van der Waals surface area contributed by atoms with E-state index in [0.29, 0.717) is 5.76 Å². The van der Waals surface area contributed by atoms with Gasteiger partial charge in [-0.2, -0.15) is 0 Å². The second-order valence-electron chi connectivity index (χ2n) is 4.42. The molecule has 102 valence electrons. The molecule has 0 saturated carbocycles. The highest BCUT2D eigenvalue weighted by Gasteiger charge is 2.05. The van der Waals surface area contributed by atoms with Crippen LogP contribution in [0.3, 0.4) is 0 Å². The standard InChI is InChI=1S/C18H13NO2/c1-20-16-9-5-8-15(12-16)18-13-17(21-19-18)11-10-14-6-3-2-4-7-14/h2-9,12-13H,1H3. The van der Waals surface area contributed by atoms with Crippen molar-refractivity contribution in [3.05, 3.63) is 72.0 Å². The highest BCUT2D eigenvalue weighted by Crippen LogP contribution is 2.23. The fourth-order valence-electron chi connectivity index (χ4n) is 1.91. The lowest BCUT2D eigenvalue weighted by Gasteiger charge is -2.00. The number of nitrogens with zero attached hydrogens (tertiary/aromatic N) is 1. The summed E-state index contributed by atoms with van der Waals surface area (Å²) >= 11 is 0. The quantitative estimate of drug-likeness (QED) is 0.668. The van der Waals surface area contributed by atoms with Crippen molar-refractivity contribution in [3.63, 3.8) is 0 Å². The average Bonchev–Trinajstić information content (AvgIpc) is 3.03. The fourth-order valence-corrected chi connectivity index (χ4v) is 1.91. The molecule has 0 atom stereocenters. The number of rotatable bonds is 2. The van der Waals surface area contributed by atoms with Gasteiger partial charge in [-0.1, -0.05) is 41.4 Å². The van der Waals surface area contributed by atoms with Gasteiger partial charge >= 0.3 is 0 Å². The van der Waals surface area contributed by atoms with Crippen LogP contribution >= 0.6 is 0 Å². The van der Waals surface area contributed by atoms with Gasteiger partial charge in [0.2, 0.25) is 5.76 Å². The third-order valence-corrected chi connectivity index (χ3v) is 2.98. The molecular formula is C18H13NO2. The Morgan fingerprint density at radius 3 is 2.62 bits per heavy atom. The van der Waals surface area contributed by atoms with Crippen molar-refractivity contribution in [2.75, 3.05) is 7.11 Å². The predicted octanol–water partition coefficient (Wildman–Crippen LogP) is 3.75. The van der Waals surface area contributed by atoms with Crippen LogP contribution in [0.15, 0.2) is 65.2 Å². The molecule has 1 aromatic heterocycles. The minimum absolute atomic E-state index is 0.539. The largest absolute Gasteiger partial charge is 0.497 e. The first-order chi connectivity index (χ1) is 10.3. The summed E-state index contributed by atoms with van der Waals surface area (Å²) in [6, 6.07) is 19.3. The fraction of sp³-hybridized carbons (Fsp3) is 0.0556. The van der Waals surface area contributed by atoms with Crippen LogP contribution in [0.4, 0.5) is 0 Å². The van der Waals surface area contributed by atoms with Crippen LogP contribution in [0.5, 0.6) is 5.75 Å². The van der Waals surface area contributed by atoms with Crippen LogP contribution < -0.4 is 4.74 Å². The van der Waals surface area contributed by atoms with E-state index in [1.807, 2.05) is 60.7 Å². The van der Waals surface area contributed by atoms with Gasteiger partial charge in [0.05, 0.1) is 7.11 Å². The lowest BCUT2D eigenvalue weighted by atomic mass is 10.1.